The molecule has 0 aromatic heterocycles. The van der Waals surface area contributed by atoms with Gasteiger partial charge in [-0.2, -0.15) is 0 Å². The average molecular weight is 343 g/mol. The lowest BCUT2D eigenvalue weighted by atomic mass is 9.89. The van der Waals surface area contributed by atoms with Gasteiger partial charge in [-0.15, -0.1) is 0 Å². The molecule has 1 N–H and O–H groups in total. The second-order valence-corrected chi connectivity index (χ2v) is 7.04. The molecule has 3 unspecified atom stereocenters. The van der Waals surface area contributed by atoms with Gasteiger partial charge in [0.05, 0.1) is 5.02 Å². The molecule has 0 aliphatic heterocycles. The smallest absolute Gasteiger partial charge is 0.251 e. The first kappa shape index (κ1) is 13.4. The molecule has 3 atom stereocenters. The highest BCUT2D eigenvalue weighted by Gasteiger charge is 2.39. The molecule has 0 saturated heterocycles. The summed E-state index contributed by atoms with van der Waals surface area (Å²) in [6, 6.07) is 5.29. The van der Waals surface area contributed by atoms with Crippen molar-refractivity contribution < 1.29 is 4.79 Å². The SMILES string of the molecule is O=C(NCC1CC2CCC1C2)c1ccc(Cl)c(Br)c1. The minimum Gasteiger partial charge on any atom is -0.352 e. The molecule has 0 heterocycles. The Hall–Kier alpha value is -0.540. The largest absolute Gasteiger partial charge is 0.352 e. The van der Waals surface area contributed by atoms with Crippen molar-refractivity contribution in [1.29, 1.82) is 0 Å². The van der Waals surface area contributed by atoms with Gasteiger partial charge in [0, 0.05) is 16.6 Å². The molecule has 102 valence electrons. The third kappa shape index (κ3) is 2.82. The van der Waals surface area contributed by atoms with E-state index in [1.54, 1.807) is 18.2 Å². The quantitative estimate of drug-likeness (QED) is 0.873. The summed E-state index contributed by atoms with van der Waals surface area (Å²) in [5.41, 5.74) is 0.666. The van der Waals surface area contributed by atoms with Crippen LogP contribution in [0, 0.1) is 17.8 Å². The summed E-state index contributed by atoms with van der Waals surface area (Å²) in [5, 5.41) is 3.70. The maximum absolute atomic E-state index is 12.1. The van der Waals surface area contributed by atoms with Crippen LogP contribution in [0.5, 0.6) is 0 Å². The molecule has 2 aliphatic rings. The van der Waals surface area contributed by atoms with Gasteiger partial charge in [0.25, 0.3) is 5.91 Å². The Morgan fingerprint density at radius 3 is 2.84 bits per heavy atom. The highest BCUT2D eigenvalue weighted by atomic mass is 79.9. The Balaban J connectivity index is 1.57. The molecule has 2 fully saturated rings. The number of hydrogen-bond acceptors (Lipinski definition) is 1. The highest BCUT2D eigenvalue weighted by Crippen LogP contribution is 2.47. The van der Waals surface area contributed by atoms with E-state index < -0.39 is 0 Å². The number of fused-ring (bicyclic) bond motifs is 2. The molecule has 0 radical (unpaired) electrons. The first-order valence-corrected chi connectivity index (χ1v) is 8.04. The summed E-state index contributed by atoms with van der Waals surface area (Å²) in [4.78, 5) is 12.1. The lowest BCUT2D eigenvalue weighted by Gasteiger charge is -2.21. The minimum atomic E-state index is 0.000130. The van der Waals surface area contributed by atoms with E-state index in [0.29, 0.717) is 16.5 Å². The normalized spacial score (nSPS) is 28.6. The van der Waals surface area contributed by atoms with Gasteiger partial charge in [-0.25, -0.2) is 0 Å². The third-order valence-electron chi connectivity index (χ3n) is 4.59. The van der Waals surface area contributed by atoms with E-state index in [0.717, 1.165) is 22.9 Å². The van der Waals surface area contributed by atoms with Crippen molar-refractivity contribution in [3.63, 3.8) is 0 Å². The number of benzene rings is 1. The Bertz CT molecular complexity index is 505. The van der Waals surface area contributed by atoms with Crippen LogP contribution in [0.2, 0.25) is 5.02 Å². The maximum atomic E-state index is 12.1. The van der Waals surface area contributed by atoms with Crippen LogP contribution in [0.1, 0.15) is 36.0 Å². The molecule has 3 rings (SSSR count). The number of carbonyl (C=O) groups is 1. The number of carbonyl (C=O) groups excluding carboxylic acids is 1. The van der Waals surface area contributed by atoms with E-state index in [9.17, 15) is 4.79 Å². The molecule has 2 bridgehead atoms. The van der Waals surface area contributed by atoms with Crippen molar-refractivity contribution in [2.45, 2.75) is 25.7 Å². The number of hydrogen-bond donors (Lipinski definition) is 1. The third-order valence-corrected chi connectivity index (χ3v) is 5.81. The van der Waals surface area contributed by atoms with Gasteiger partial charge >= 0.3 is 0 Å². The van der Waals surface area contributed by atoms with Crippen molar-refractivity contribution in [3.05, 3.63) is 33.3 Å². The Morgan fingerprint density at radius 1 is 1.37 bits per heavy atom. The van der Waals surface area contributed by atoms with Crippen LogP contribution in [0.15, 0.2) is 22.7 Å². The fourth-order valence-electron chi connectivity index (χ4n) is 3.59. The van der Waals surface area contributed by atoms with Gasteiger partial charge in [-0.05, 0) is 71.1 Å². The maximum Gasteiger partial charge on any atom is 0.251 e. The van der Waals surface area contributed by atoms with Gasteiger partial charge in [0.15, 0.2) is 0 Å². The monoisotopic (exact) mass is 341 g/mol. The molecule has 2 aliphatic carbocycles. The summed E-state index contributed by atoms with van der Waals surface area (Å²) in [6.07, 6.45) is 5.44. The summed E-state index contributed by atoms with van der Waals surface area (Å²) in [7, 11) is 0. The van der Waals surface area contributed by atoms with Crippen LogP contribution in [-0.4, -0.2) is 12.5 Å². The van der Waals surface area contributed by atoms with E-state index >= 15 is 0 Å². The number of halogens is 2. The molecular formula is C15H17BrClNO. The van der Waals surface area contributed by atoms with Crippen molar-refractivity contribution in [2.24, 2.45) is 17.8 Å². The fraction of sp³-hybridized carbons (Fsp3) is 0.533. The Labute approximate surface area is 127 Å². The van der Waals surface area contributed by atoms with Crippen LogP contribution >= 0.6 is 27.5 Å². The molecule has 2 nitrogen and oxygen atoms in total. The summed E-state index contributed by atoms with van der Waals surface area (Å²) >= 11 is 9.28. The lowest BCUT2D eigenvalue weighted by Crippen LogP contribution is -2.31. The Morgan fingerprint density at radius 2 is 2.21 bits per heavy atom. The molecular weight excluding hydrogens is 326 g/mol. The average Bonchev–Trinajstić information content (AvgIpc) is 3.01. The molecule has 1 aromatic carbocycles. The van der Waals surface area contributed by atoms with Crippen LogP contribution in [-0.2, 0) is 0 Å². The zero-order valence-corrected chi connectivity index (χ0v) is 13.0. The van der Waals surface area contributed by atoms with Gasteiger partial charge in [-0.3, -0.25) is 4.79 Å². The van der Waals surface area contributed by atoms with E-state index in [1.807, 2.05) is 0 Å². The van der Waals surface area contributed by atoms with Gasteiger partial charge in [0.2, 0.25) is 0 Å². The standard InChI is InChI=1S/C15H17BrClNO/c16-13-7-11(3-4-14(13)17)15(19)18-8-12-6-9-1-2-10(12)5-9/h3-4,7,9-10,12H,1-2,5-6,8H2,(H,18,19). The fourth-order valence-corrected chi connectivity index (χ4v) is 4.09. The van der Waals surface area contributed by atoms with Crippen LogP contribution < -0.4 is 5.32 Å². The number of rotatable bonds is 3. The zero-order valence-electron chi connectivity index (χ0n) is 10.7. The summed E-state index contributed by atoms with van der Waals surface area (Å²) in [6.45, 7) is 0.820. The van der Waals surface area contributed by atoms with Crippen molar-refractivity contribution in [3.8, 4) is 0 Å². The zero-order chi connectivity index (χ0) is 13.4. The Kier molecular flexibility index (Phi) is 3.86. The molecule has 2 saturated carbocycles. The van der Waals surface area contributed by atoms with Crippen LogP contribution in [0.4, 0.5) is 0 Å². The lowest BCUT2D eigenvalue weighted by molar-refractivity contribution is 0.0941. The van der Waals surface area contributed by atoms with E-state index in [-0.39, 0.29) is 5.91 Å². The summed E-state index contributed by atoms with van der Waals surface area (Å²) < 4.78 is 0.765. The van der Waals surface area contributed by atoms with Crippen molar-refractivity contribution in [2.75, 3.05) is 6.54 Å². The first-order chi connectivity index (χ1) is 9.13. The summed E-state index contributed by atoms with van der Waals surface area (Å²) in [5.74, 6) is 2.47. The predicted molar refractivity (Wildman–Crippen MR) is 80.4 cm³/mol. The number of amides is 1. The van der Waals surface area contributed by atoms with Gasteiger partial charge < -0.3 is 5.32 Å². The van der Waals surface area contributed by atoms with Crippen molar-refractivity contribution >= 4 is 33.4 Å². The first-order valence-electron chi connectivity index (χ1n) is 6.86. The topological polar surface area (TPSA) is 29.1 Å². The van der Waals surface area contributed by atoms with Crippen LogP contribution in [0.25, 0.3) is 0 Å². The molecule has 0 spiro atoms. The highest BCUT2D eigenvalue weighted by molar-refractivity contribution is 9.10. The van der Waals surface area contributed by atoms with Gasteiger partial charge in [0.1, 0.15) is 0 Å². The molecule has 19 heavy (non-hydrogen) atoms. The van der Waals surface area contributed by atoms with E-state index in [4.69, 9.17) is 11.6 Å². The predicted octanol–water partition coefficient (Wildman–Crippen LogP) is 4.27. The molecule has 1 amide bonds. The molecule has 4 heteroatoms. The minimum absolute atomic E-state index is 0.000130. The second kappa shape index (κ2) is 5.45. The van der Waals surface area contributed by atoms with Crippen LogP contribution in [0.3, 0.4) is 0 Å². The van der Waals surface area contributed by atoms with E-state index in [1.165, 1.54) is 25.7 Å². The number of nitrogens with one attached hydrogen (secondary N) is 1. The van der Waals surface area contributed by atoms with Crippen molar-refractivity contribution in [1.82, 2.24) is 5.32 Å². The van der Waals surface area contributed by atoms with Gasteiger partial charge in [-0.1, -0.05) is 18.0 Å². The second-order valence-electron chi connectivity index (χ2n) is 5.77. The molecule has 1 aromatic rings. The van der Waals surface area contributed by atoms with E-state index in [2.05, 4.69) is 21.2 Å².